The van der Waals surface area contributed by atoms with E-state index in [0.717, 1.165) is 94.2 Å². The average Bonchev–Trinajstić information content (AvgIpc) is 2.97. The first kappa shape index (κ1) is 33.7. The quantitative estimate of drug-likeness (QED) is 0.188. The molecule has 8 nitrogen and oxygen atoms in total. The highest BCUT2D eigenvalue weighted by molar-refractivity contribution is 6.00. The van der Waals surface area contributed by atoms with Crippen LogP contribution in [0.15, 0.2) is 66.7 Å². The molecule has 0 amide bonds. The molecule has 0 atom stereocenters. The zero-order chi connectivity index (χ0) is 28.6. The number of carbonyl (C=O) groups excluding carboxylic acids is 1. The first-order valence-electron chi connectivity index (χ1n) is 13.8. The second-order valence-electron chi connectivity index (χ2n) is 9.48. The Morgan fingerprint density at radius 3 is 2.00 bits per heavy atom. The Hall–Kier alpha value is -3.46. The molecule has 0 unspecified atom stereocenters. The molecule has 224 valence electrons. The second-order valence-corrected chi connectivity index (χ2v) is 9.48. The molecule has 1 heterocycles. The Morgan fingerprint density at radius 1 is 0.854 bits per heavy atom. The number of rotatable bonds is 13. The van der Waals surface area contributed by atoms with Gasteiger partial charge in [-0.15, -0.1) is 12.4 Å². The number of hydrogen-bond acceptors (Lipinski definition) is 8. The summed E-state index contributed by atoms with van der Waals surface area (Å²) >= 11 is 0. The maximum Gasteiger partial charge on any atom is 0.170 e. The number of halogens is 1. The van der Waals surface area contributed by atoms with Crippen molar-refractivity contribution in [1.82, 2.24) is 4.90 Å². The molecule has 0 spiro atoms. The lowest BCUT2D eigenvalue weighted by molar-refractivity contribution is 0.0358. The molecule has 0 saturated carbocycles. The summed E-state index contributed by atoms with van der Waals surface area (Å²) in [5, 5.41) is 18.8. The third-order valence-corrected chi connectivity index (χ3v) is 6.39. The fourth-order valence-electron chi connectivity index (χ4n) is 4.05. The Balaban J connectivity index is 0.000000281. The van der Waals surface area contributed by atoms with Gasteiger partial charge in [-0.1, -0.05) is 25.5 Å². The van der Waals surface area contributed by atoms with Gasteiger partial charge in [0, 0.05) is 32.1 Å². The molecule has 1 saturated heterocycles. The van der Waals surface area contributed by atoms with Crippen molar-refractivity contribution in [1.29, 1.82) is 0 Å². The van der Waals surface area contributed by atoms with Gasteiger partial charge in [0.2, 0.25) is 0 Å². The van der Waals surface area contributed by atoms with Crippen molar-refractivity contribution in [2.75, 3.05) is 53.2 Å². The van der Waals surface area contributed by atoms with Gasteiger partial charge in [0.25, 0.3) is 0 Å². The van der Waals surface area contributed by atoms with Crippen molar-refractivity contribution in [3.8, 4) is 28.7 Å². The molecule has 4 rings (SSSR count). The van der Waals surface area contributed by atoms with Gasteiger partial charge >= 0.3 is 0 Å². The Morgan fingerprint density at radius 2 is 1.44 bits per heavy atom. The Kier molecular flexibility index (Phi) is 15.5. The number of nitrogens with zero attached hydrogens (tertiary/aromatic N) is 1. The largest absolute Gasteiger partial charge is 0.508 e. The van der Waals surface area contributed by atoms with Crippen LogP contribution in [0.5, 0.6) is 28.7 Å². The molecule has 0 bridgehead atoms. The fraction of sp³-hybridized carbons (Fsp3) is 0.406. The van der Waals surface area contributed by atoms with E-state index in [2.05, 4.69) is 11.8 Å². The van der Waals surface area contributed by atoms with Crippen LogP contribution in [-0.4, -0.2) is 74.1 Å². The van der Waals surface area contributed by atoms with E-state index in [1.165, 1.54) is 12.1 Å². The van der Waals surface area contributed by atoms with Crippen LogP contribution in [0, 0.1) is 0 Å². The zero-order valence-electron chi connectivity index (χ0n) is 23.9. The summed E-state index contributed by atoms with van der Waals surface area (Å²) in [6.07, 6.45) is 3.49. The van der Waals surface area contributed by atoms with Gasteiger partial charge in [0.05, 0.1) is 39.1 Å². The van der Waals surface area contributed by atoms with Gasteiger partial charge < -0.3 is 29.2 Å². The van der Waals surface area contributed by atoms with Crippen molar-refractivity contribution in [3.63, 3.8) is 0 Å². The number of carbonyl (C=O) groups is 1. The predicted octanol–water partition coefficient (Wildman–Crippen LogP) is 5.92. The number of benzene rings is 3. The lowest BCUT2D eigenvalue weighted by Crippen LogP contribution is -2.37. The molecule has 0 aliphatic carbocycles. The molecular weight excluding hydrogens is 546 g/mol. The van der Waals surface area contributed by atoms with Crippen molar-refractivity contribution in [2.45, 2.75) is 32.6 Å². The standard InChI is InChI=1S/C17H27NO3.C15H14O4.ClH/c1-2-3-12-20-16-5-7-17(8-6-16)21-13-4-9-18-10-14-19-15-11-18;1-19-12-5-2-10(3-6-12)8-14(17)13-7-4-11(16)9-15(13)18;/h5-8H,2-4,9-15H2,1H3;2-7,9,16,18H,8H2,1H3;1H. The van der Waals surface area contributed by atoms with Gasteiger partial charge in [-0.05, 0) is 66.9 Å². The van der Waals surface area contributed by atoms with E-state index >= 15 is 0 Å². The first-order valence-corrected chi connectivity index (χ1v) is 13.8. The number of unbranched alkanes of at least 4 members (excludes halogenated alkanes) is 1. The molecule has 1 aliphatic heterocycles. The molecule has 3 aromatic carbocycles. The van der Waals surface area contributed by atoms with Gasteiger partial charge in [0.1, 0.15) is 28.7 Å². The maximum atomic E-state index is 12.0. The minimum Gasteiger partial charge on any atom is -0.508 e. The Labute approximate surface area is 249 Å². The van der Waals surface area contributed by atoms with Crippen LogP contribution in [0.1, 0.15) is 42.1 Å². The molecule has 1 fully saturated rings. The summed E-state index contributed by atoms with van der Waals surface area (Å²) in [5.74, 6) is 2.08. The van der Waals surface area contributed by atoms with Crippen LogP contribution >= 0.6 is 12.4 Å². The van der Waals surface area contributed by atoms with E-state index < -0.39 is 0 Å². The normalized spacial score (nSPS) is 12.8. The predicted molar refractivity (Wildman–Crippen MR) is 162 cm³/mol. The molecule has 9 heteroatoms. The number of aromatic hydroxyl groups is 2. The van der Waals surface area contributed by atoms with Crippen LogP contribution in [0.3, 0.4) is 0 Å². The molecule has 1 aliphatic rings. The van der Waals surface area contributed by atoms with Crippen molar-refractivity contribution in [2.24, 2.45) is 0 Å². The van der Waals surface area contributed by atoms with Crippen LogP contribution in [0.2, 0.25) is 0 Å². The number of ether oxygens (including phenoxy) is 4. The van der Waals surface area contributed by atoms with Crippen LogP contribution in [-0.2, 0) is 11.2 Å². The third kappa shape index (κ3) is 12.3. The fourth-order valence-corrected chi connectivity index (χ4v) is 4.05. The van der Waals surface area contributed by atoms with Gasteiger partial charge in [-0.2, -0.15) is 0 Å². The highest BCUT2D eigenvalue weighted by Crippen LogP contribution is 2.24. The number of ketones is 1. The van der Waals surface area contributed by atoms with Gasteiger partial charge in [-0.3, -0.25) is 9.69 Å². The van der Waals surface area contributed by atoms with Crippen molar-refractivity contribution in [3.05, 3.63) is 77.9 Å². The average molecular weight is 588 g/mol. The van der Waals surface area contributed by atoms with Crippen molar-refractivity contribution < 1.29 is 34.0 Å². The third-order valence-electron chi connectivity index (χ3n) is 6.39. The topological polar surface area (TPSA) is 97.7 Å². The maximum absolute atomic E-state index is 12.0. The molecule has 0 aromatic heterocycles. The summed E-state index contributed by atoms with van der Waals surface area (Å²) in [7, 11) is 1.58. The number of morpholine rings is 1. The highest BCUT2D eigenvalue weighted by Gasteiger charge is 2.12. The van der Waals surface area contributed by atoms with E-state index in [1.807, 2.05) is 24.3 Å². The van der Waals surface area contributed by atoms with Gasteiger partial charge in [-0.25, -0.2) is 0 Å². The SMILES string of the molecule is CCCCOc1ccc(OCCCN2CCOCC2)cc1.COc1ccc(CC(=O)c2ccc(O)cc2O)cc1.Cl. The van der Waals surface area contributed by atoms with Gasteiger partial charge in [0.15, 0.2) is 5.78 Å². The van der Waals surface area contributed by atoms with E-state index in [0.29, 0.717) is 0 Å². The Bertz CT molecular complexity index is 1150. The summed E-state index contributed by atoms with van der Waals surface area (Å²) in [5.41, 5.74) is 1.03. The summed E-state index contributed by atoms with van der Waals surface area (Å²) in [6, 6.07) is 19.0. The van der Waals surface area contributed by atoms with Crippen LogP contribution < -0.4 is 14.2 Å². The number of phenols is 2. The molecular formula is C32H42ClNO7. The lowest BCUT2D eigenvalue weighted by Gasteiger charge is -2.26. The van der Waals surface area contributed by atoms with Crippen LogP contribution in [0.4, 0.5) is 0 Å². The second kappa shape index (κ2) is 18.8. The van der Waals surface area contributed by atoms with E-state index in [9.17, 15) is 15.0 Å². The highest BCUT2D eigenvalue weighted by atomic mass is 35.5. The lowest BCUT2D eigenvalue weighted by atomic mass is 10.0. The van der Waals surface area contributed by atoms with Crippen LogP contribution in [0.25, 0.3) is 0 Å². The first-order chi connectivity index (χ1) is 19.5. The summed E-state index contributed by atoms with van der Waals surface area (Å²) in [4.78, 5) is 14.5. The minimum absolute atomic E-state index is 0. The molecule has 2 N–H and O–H groups in total. The summed E-state index contributed by atoms with van der Waals surface area (Å²) in [6.45, 7) is 8.61. The zero-order valence-corrected chi connectivity index (χ0v) is 24.7. The monoisotopic (exact) mass is 587 g/mol. The van der Waals surface area contributed by atoms with Crippen molar-refractivity contribution >= 4 is 18.2 Å². The smallest absolute Gasteiger partial charge is 0.170 e. The number of methoxy groups -OCH3 is 1. The van der Waals surface area contributed by atoms with E-state index in [-0.39, 0.29) is 41.7 Å². The molecule has 3 aromatic rings. The number of phenolic OH excluding ortho intramolecular Hbond substituents is 2. The van der Waals surface area contributed by atoms with E-state index in [4.69, 9.17) is 18.9 Å². The van der Waals surface area contributed by atoms with E-state index in [1.54, 1.807) is 31.4 Å². The molecule has 41 heavy (non-hydrogen) atoms. The number of Topliss-reactive ketones (excluding diaryl/α,β-unsaturated/α-hetero) is 1. The number of hydrogen-bond donors (Lipinski definition) is 2. The minimum atomic E-state index is -0.210. The summed E-state index contributed by atoms with van der Waals surface area (Å²) < 4.78 is 21.8. The molecule has 0 radical (unpaired) electrons.